The smallest absolute Gasteiger partial charge is 0.347 e. The van der Waals surface area contributed by atoms with Gasteiger partial charge in [-0.25, -0.2) is 4.79 Å². The van der Waals surface area contributed by atoms with E-state index in [0.29, 0.717) is 24.3 Å². The van der Waals surface area contributed by atoms with Gasteiger partial charge in [-0.1, -0.05) is 37.1 Å². The van der Waals surface area contributed by atoms with E-state index in [1.165, 1.54) is 0 Å². The molecule has 2 atom stereocenters. The van der Waals surface area contributed by atoms with Crippen molar-refractivity contribution in [3.05, 3.63) is 59.2 Å². The highest BCUT2D eigenvalue weighted by Crippen LogP contribution is 2.47. The van der Waals surface area contributed by atoms with Crippen LogP contribution in [-0.4, -0.2) is 41.7 Å². The van der Waals surface area contributed by atoms with Gasteiger partial charge in [0.25, 0.3) is 0 Å². The van der Waals surface area contributed by atoms with Crippen LogP contribution in [-0.2, 0) is 5.60 Å². The summed E-state index contributed by atoms with van der Waals surface area (Å²) in [5.41, 5.74) is 0.148. The summed E-state index contributed by atoms with van der Waals surface area (Å²) in [6.07, 6.45) is 3.39. The van der Waals surface area contributed by atoms with E-state index < -0.39 is 11.6 Å². The lowest BCUT2D eigenvalue weighted by Crippen LogP contribution is -2.43. The van der Waals surface area contributed by atoms with Crippen LogP contribution in [0.25, 0.3) is 0 Å². The van der Waals surface area contributed by atoms with Crippen LogP contribution in [0.15, 0.2) is 42.5 Å². The summed E-state index contributed by atoms with van der Waals surface area (Å²) < 4.78 is 5.40. The van der Waals surface area contributed by atoms with Crippen molar-refractivity contribution in [1.29, 1.82) is 0 Å². The minimum atomic E-state index is -1.17. The fourth-order valence-corrected chi connectivity index (χ4v) is 4.29. The number of phenolic OH excluding ortho intramolecular Hbond substituents is 1. The Morgan fingerprint density at radius 1 is 1.18 bits per heavy atom. The molecule has 0 bridgehead atoms. The first-order valence-corrected chi connectivity index (χ1v) is 9.80. The Morgan fingerprint density at radius 2 is 1.89 bits per heavy atom. The largest absolute Gasteiger partial charge is 0.507 e. The summed E-state index contributed by atoms with van der Waals surface area (Å²) in [5, 5.41) is 22.7. The molecular weight excluding hydrogens is 354 g/mol. The Labute approximate surface area is 166 Å². The minimum absolute atomic E-state index is 0.0127. The van der Waals surface area contributed by atoms with Crippen LogP contribution in [0.4, 0.5) is 0 Å². The molecule has 0 heterocycles. The van der Waals surface area contributed by atoms with Crippen molar-refractivity contribution in [2.75, 3.05) is 20.6 Å². The zero-order chi connectivity index (χ0) is 20.3. The Morgan fingerprint density at radius 3 is 2.57 bits per heavy atom. The molecule has 1 saturated carbocycles. The van der Waals surface area contributed by atoms with Gasteiger partial charge >= 0.3 is 5.97 Å². The molecule has 2 N–H and O–H groups in total. The number of aliphatic hydroxyl groups is 1. The van der Waals surface area contributed by atoms with E-state index in [9.17, 15) is 15.0 Å². The highest BCUT2D eigenvalue weighted by molar-refractivity contribution is 5.94. The Kier molecular flexibility index (Phi) is 6.06. The summed E-state index contributed by atoms with van der Waals surface area (Å²) in [7, 11) is 3.96. The number of carbonyl (C=O) groups is 1. The van der Waals surface area contributed by atoms with Crippen LogP contribution in [0, 0.1) is 12.8 Å². The summed E-state index contributed by atoms with van der Waals surface area (Å²) >= 11 is 0. The molecule has 0 aromatic heterocycles. The fraction of sp³-hybridized carbons (Fsp3) is 0.435. The van der Waals surface area contributed by atoms with E-state index in [2.05, 4.69) is 4.90 Å². The highest BCUT2D eigenvalue weighted by atomic mass is 16.5. The molecule has 1 fully saturated rings. The number of para-hydroxylation sites is 1. The number of aryl methyl sites for hydroxylation is 1. The van der Waals surface area contributed by atoms with Crippen LogP contribution in [0.5, 0.6) is 11.5 Å². The zero-order valence-electron chi connectivity index (χ0n) is 16.8. The Balaban J connectivity index is 1.99. The van der Waals surface area contributed by atoms with Crippen molar-refractivity contribution in [3.63, 3.8) is 0 Å². The van der Waals surface area contributed by atoms with Crippen LogP contribution in [0.1, 0.15) is 47.2 Å². The van der Waals surface area contributed by atoms with Gasteiger partial charge in [-0.3, -0.25) is 0 Å². The van der Waals surface area contributed by atoms with Gasteiger partial charge in [0.1, 0.15) is 17.1 Å². The number of hydrogen-bond acceptors (Lipinski definition) is 5. The third-order valence-corrected chi connectivity index (χ3v) is 5.61. The lowest BCUT2D eigenvalue weighted by atomic mass is 9.69. The Bertz CT molecular complexity index is 834. The predicted molar refractivity (Wildman–Crippen MR) is 109 cm³/mol. The molecule has 3 rings (SSSR count). The van der Waals surface area contributed by atoms with Gasteiger partial charge < -0.3 is 19.8 Å². The van der Waals surface area contributed by atoms with Crippen LogP contribution in [0.2, 0.25) is 0 Å². The van der Waals surface area contributed by atoms with E-state index in [1.54, 1.807) is 36.4 Å². The van der Waals surface area contributed by atoms with Gasteiger partial charge in [0.2, 0.25) is 0 Å². The first-order chi connectivity index (χ1) is 13.3. The molecule has 1 aliphatic carbocycles. The molecule has 0 saturated heterocycles. The molecule has 2 aromatic rings. The maximum absolute atomic E-state index is 12.7. The molecule has 150 valence electrons. The third kappa shape index (κ3) is 4.05. The topological polar surface area (TPSA) is 70.0 Å². The zero-order valence-corrected chi connectivity index (χ0v) is 16.8. The van der Waals surface area contributed by atoms with Gasteiger partial charge in [-0.15, -0.1) is 0 Å². The van der Waals surface area contributed by atoms with Crippen molar-refractivity contribution >= 4 is 5.97 Å². The predicted octanol–water partition coefficient (Wildman–Crippen LogP) is 3.86. The van der Waals surface area contributed by atoms with Gasteiger partial charge in [-0.2, -0.15) is 0 Å². The van der Waals surface area contributed by atoms with Crippen LogP contribution in [0.3, 0.4) is 0 Å². The SMILES string of the molecule is Cc1ccc(C(=O)Oc2ccccc2)c(O)c1[C@@]1(O)CCCC[C@@H]1CN(C)C. The molecule has 5 nitrogen and oxygen atoms in total. The minimum Gasteiger partial charge on any atom is -0.507 e. The molecule has 0 amide bonds. The second-order valence-corrected chi connectivity index (χ2v) is 7.99. The van der Waals surface area contributed by atoms with Crippen LogP contribution >= 0.6 is 0 Å². The summed E-state index contributed by atoms with van der Waals surface area (Å²) in [6.45, 7) is 2.58. The van der Waals surface area contributed by atoms with Crippen molar-refractivity contribution < 1.29 is 19.7 Å². The lowest BCUT2D eigenvalue weighted by molar-refractivity contribution is -0.0637. The molecule has 0 spiro atoms. The van der Waals surface area contributed by atoms with Gasteiger partial charge in [0, 0.05) is 18.0 Å². The van der Waals surface area contributed by atoms with Crippen molar-refractivity contribution in [2.24, 2.45) is 5.92 Å². The monoisotopic (exact) mass is 383 g/mol. The number of aromatic hydroxyl groups is 1. The lowest BCUT2D eigenvalue weighted by Gasteiger charge is -2.42. The average Bonchev–Trinajstić information content (AvgIpc) is 2.64. The second kappa shape index (κ2) is 8.33. The third-order valence-electron chi connectivity index (χ3n) is 5.61. The van der Waals surface area contributed by atoms with E-state index in [0.717, 1.165) is 24.8 Å². The van der Waals surface area contributed by atoms with Crippen LogP contribution < -0.4 is 4.74 Å². The molecule has 2 aromatic carbocycles. The molecular formula is C23H29NO4. The van der Waals surface area contributed by atoms with Gasteiger partial charge in [0.15, 0.2) is 0 Å². The first kappa shape index (κ1) is 20.4. The first-order valence-electron chi connectivity index (χ1n) is 9.80. The molecule has 28 heavy (non-hydrogen) atoms. The highest BCUT2D eigenvalue weighted by Gasteiger charge is 2.44. The summed E-state index contributed by atoms with van der Waals surface area (Å²) in [5.74, 6) is -0.403. The number of esters is 1. The maximum atomic E-state index is 12.7. The van der Waals surface area contributed by atoms with Gasteiger partial charge in [-0.05, 0) is 57.6 Å². The normalized spacial score (nSPS) is 22.2. The van der Waals surface area contributed by atoms with E-state index in [1.807, 2.05) is 27.1 Å². The van der Waals surface area contributed by atoms with E-state index in [-0.39, 0.29) is 17.2 Å². The van der Waals surface area contributed by atoms with Crippen molar-refractivity contribution in [1.82, 2.24) is 4.90 Å². The number of ether oxygens (including phenoxy) is 1. The van der Waals surface area contributed by atoms with Crippen molar-refractivity contribution in [2.45, 2.75) is 38.2 Å². The van der Waals surface area contributed by atoms with E-state index in [4.69, 9.17) is 4.74 Å². The molecule has 5 heteroatoms. The second-order valence-electron chi connectivity index (χ2n) is 7.99. The molecule has 0 radical (unpaired) electrons. The molecule has 0 aliphatic heterocycles. The van der Waals surface area contributed by atoms with Crippen molar-refractivity contribution in [3.8, 4) is 11.5 Å². The molecule has 1 aliphatic rings. The standard InChI is InChI=1S/C23H29NO4/c1-16-12-13-19(22(26)28-18-10-5-4-6-11-18)21(25)20(16)23(27)14-8-7-9-17(23)15-24(2)3/h4-6,10-13,17,25,27H,7-9,14-15H2,1-3H3/t17-,23-/m1/s1. The Hall–Kier alpha value is -2.37. The fourth-order valence-electron chi connectivity index (χ4n) is 4.29. The van der Waals surface area contributed by atoms with Gasteiger partial charge in [0.05, 0.1) is 5.60 Å². The number of benzene rings is 2. The molecule has 0 unspecified atom stereocenters. The van der Waals surface area contributed by atoms with E-state index >= 15 is 0 Å². The average molecular weight is 383 g/mol. The quantitative estimate of drug-likeness (QED) is 0.606. The number of carbonyl (C=O) groups excluding carboxylic acids is 1. The number of hydrogen-bond donors (Lipinski definition) is 2. The number of nitrogens with zero attached hydrogens (tertiary/aromatic N) is 1. The number of rotatable bonds is 5. The maximum Gasteiger partial charge on any atom is 0.347 e. The summed E-state index contributed by atoms with van der Waals surface area (Å²) in [6, 6.07) is 12.1. The summed E-state index contributed by atoms with van der Waals surface area (Å²) in [4.78, 5) is 14.7. The number of phenols is 1.